The quantitative estimate of drug-likeness (QED) is 0.793. The lowest BCUT2D eigenvalue weighted by Crippen LogP contribution is -2.39. The molecule has 2 rings (SSSR count). The molecule has 0 amide bonds. The van der Waals surface area contributed by atoms with Crippen LogP contribution in [0.2, 0.25) is 5.02 Å². The first-order chi connectivity index (χ1) is 9.96. The molecule has 1 N–H and O–H groups in total. The van der Waals surface area contributed by atoms with Gasteiger partial charge in [-0.15, -0.1) is 0 Å². The first-order valence-electron chi connectivity index (χ1n) is 7.19. The Bertz CT molecular complexity index is 581. The van der Waals surface area contributed by atoms with E-state index in [-0.39, 0.29) is 11.4 Å². The smallest absolute Gasteiger partial charge is 0.127 e. The molecule has 0 spiro atoms. The van der Waals surface area contributed by atoms with Crippen molar-refractivity contribution in [1.29, 1.82) is 0 Å². The Kier molecular flexibility index (Phi) is 5.38. The zero-order valence-corrected chi connectivity index (χ0v) is 13.3. The lowest BCUT2D eigenvalue weighted by atomic mass is 9.95. The van der Waals surface area contributed by atoms with Crippen LogP contribution in [0.5, 0.6) is 0 Å². The van der Waals surface area contributed by atoms with E-state index >= 15 is 0 Å². The summed E-state index contributed by atoms with van der Waals surface area (Å²) < 4.78 is 13.7. The number of rotatable bonds is 6. The Balaban J connectivity index is 1.90. The van der Waals surface area contributed by atoms with Crippen molar-refractivity contribution in [3.8, 4) is 0 Å². The minimum Gasteiger partial charge on any atom is -0.308 e. The molecular weight excluding hydrogens is 285 g/mol. The lowest BCUT2D eigenvalue weighted by molar-refractivity contribution is 0.357. The van der Waals surface area contributed by atoms with Crippen LogP contribution in [-0.2, 0) is 13.0 Å². The molecule has 0 aliphatic rings. The van der Waals surface area contributed by atoms with Crippen LogP contribution in [0.15, 0.2) is 48.5 Å². The maximum absolute atomic E-state index is 13.7. The number of benzene rings is 2. The van der Waals surface area contributed by atoms with E-state index in [9.17, 15) is 4.39 Å². The first kappa shape index (κ1) is 16.0. The van der Waals surface area contributed by atoms with Crippen LogP contribution in [0.3, 0.4) is 0 Å². The molecule has 0 unspecified atom stereocenters. The van der Waals surface area contributed by atoms with E-state index < -0.39 is 0 Å². The first-order valence-corrected chi connectivity index (χ1v) is 7.57. The molecule has 0 fully saturated rings. The van der Waals surface area contributed by atoms with Gasteiger partial charge in [0, 0.05) is 22.7 Å². The predicted molar refractivity (Wildman–Crippen MR) is 87.1 cm³/mol. The molecule has 0 saturated heterocycles. The normalized spacial score (nSPS) is 11.6. The molecule has 0 heterocycles. The monoisotopic (exact) mass is 305 g/mol. The summed E-state index contributed by atoms with van der Waals surface area (Å²) in [5, 5.41) is 3.98. The molecule has 0 aliphatic carbocycles. The SMILES string of the molecule is CC(C)(CCc1ccccc1)NCc1cc(Cl)ccc1F. The summed E-state index contributed by atoms with van der Waals surface area (Å²) in [5.74, 6) is -0.217. The number of hydrogen-bond acceptors (Lipinski definition) is 1. The van der Waals surface area contributed by atoms with Gasteiger partial charge in [0.2, 0.25) is 0 Å². The third-order valence-corrected chi connectivity index (χ3v) is 3.88. The average Bonchev–Trinajstić information content (AvgIpc) is 2.47. The molecule has 0 bridgehead atoms. The largest absolute Gasteiger partial charge is 0.308 e. The van der Waals surface area contributed by atoms with Crippen molar-refractivity contribution in [3.63, 3.8) is 0 Å². The fourth-order valence-electron chi connectivity index (χ4n) is 2.20. The van der Waals surface area contributed by atoms with Crippen LogP contribution in [0.25, 0.3) is 0 Å². The highest BCUT2D eigenvalue weighted by Crippen LogP contribution is 2.18. The Morgan fingerprint density at radius 3 is 2.52 bits per heavy atom. The van der Waals surface area contributed by atoms with Crippen molar-refractivity contribution in [2.75, 3.05) is 0 Å². The summed E-state index contributed by atoms with van der Waals surface area (Å²) in [4.78, 5) is 0. The molecule has 112 valence electrons. The van der Waals surface area contributed by atoms with Crippen LogP contribution in [-0.4, -0.2) is 5.54 Å². The molecule has 2 aromatic rings. The second-order valence-corrected chi connectivity index (χ2v) is 6.40. The van der Waals surface area contributed by atoms with Gasteiger partial charge in [-0.05, 0) is 50.5 Å². The third-order valence-electron chi connectivity index (χ3n) is 3.65. The van der Waals surface area contributed by atoms with E-state index in [1.54, 1.807) is 12.1 Å². The number of halogens is 2. The van der Waals surface area contributed by atoms with Crippen LogP contribution in [0.1, 0.15) is 31.4 Å². The summed E-state index contributed by atoms with van der Waals surface area (Å²) in [7, 11) is 0. The van der Waals surface area contributed by atoms with Gasteiger partial charge in [-0.1, -0.05) is 41.9 Å². The van der Waals surface area contributed by atoms with Gasteiger partial charge in [0.1, 0.15) is 5.82 Å². The van der Waals surface area contributed by atoms with Crippen LogP contribution >= 0.6 is 11.6 Å². The maximum Gasteiger partial charge on any atom is 0.127 e. The van der Waals surface area contributed by atoms with Crippen LogP contribution < -0.4 is 5.32 Å². The Morgan fingerprint density at radius 2 is 1.81 bits per heavy atom. The van der Waals surface area contributed by atoms with Crippen molar-refractivity contribution in [2.45, 2.75) is 38.8 Å². The molecule has 0 atom stereocenters. The third kappa shape index (κ3) is 5.14. The van der Waals surface area contributed by atoms with E-state index in [0.29, 0.717) is 17.1 Å². The zero-order valence-electron chi connectivity index (χ0n) is 12.5. The van der Waals surface area contributed by atoms with Crippen molar-refractivity contribution >= 4 is 11.6 Å². The van der Waals surface area contributed by atoms with Gasteiger partial charge >= 0.3 is 0 Å². The summed E-state index contributed by atoms with van der Waals surface area (Å²) in [6, 6.07) is 15.1. The maximum atomic E-state index is 13.7. The van der Waals surface area contributed by atoms with Gasteiger partial charge < -0.3 is 5.32 Å². The Hall–Kier alpha value is -1.38. The Morgan fingerprint density at radius 1 is 1.10 bits per heavy atom. The van der Waals surface area contributed by atoms with E-state index in [0.717, 1.165) is 12.8 Å². The molecule has 0 aromatic heterocycles. The molecule has 3 heteroatoms. The number of aryl methyl sites for hydroxylation is 1. The molecular formula is C18H21ClFN. The second kappa shape index (κ2) is 7.06. The van der Waals surface area contributed by atoms with Crippen LogP contribution in [0, 0.1) is 5.82 Å². The molecule has 2 aromatic carbocycles. The van der Waals surface area contributed by atoms with Gasteiger partial charge in [-0.3, -0.25) is 0 Å². The van der Waals surface area contributed by atoms with E-state index in [2.05, 4.69) is 43.4 Å². The molecule has 0 radical (unpaired) electrons. The number of hydrogen-bond donors (Lipinski definition) is 1. The van der Waals surface area contributed by atoms with Gasteiger partial charge in [0.25, 0.3) is 0 Å². The van der Waals surface area contributed by atoms with E-state index in [1.165, 1.54) is 11.6 Å². The van der Waals surface area contributed by atoms with Crippen molar-refractivity contribution in [2.24, 2.45) is 0 Å². The molecule has 0 aliphatic heterocycles. The molecule has 1 nitrogen and oxygen atoms in total. The molecule has 21 heavy (non-hydrogen) atoms. The van der Waals surface area contributed by atoms with Gasteiger partial charge in [-0.2, -0.15) is 0 Å². The Labute approximate surface area is 131 Å². The van der Waals surface area contributed by atoms with Crippen LogP contribution in [0.4, 0.5) is 4.39 Å². The fourth-order valence-corrected chi connectivity index (χ4v) is 2.40. The fraction of sp³-hybridized carbons (Fsp3) is 0.333. The minimum absolute atomic E-state index is 0.0649. The van der Waals surface area contributed by atoms with Gasteiger partial charge in [-0.25, -0.2) is 4.39 Å². The standard InChI is InChI=1S/C18H21ClFN/c1-18(2,11-10-14-6-4-3-5-7-14)21-13-15-12-16(19)8-9-17(15)20/h3-9,12,21H,10-11,13H2,1-2H3. The van der Waals surface area contributed by atoms with Crippen molar-refractivity contribution < 1.29 is 4.39 Å². The van der Waals surface area contributed by atoms with Crippen molar-refractivity contribution in [1.82, 2.24) is 5.32 Å². The summed E-state index contributed by atoms with van der Waals surface area (Å²) in [6.45, 7) is 4.75. The van der Waals surface area contributed by atoms with Crippen molar-refractivity contribution in [3.05, 3.63) is 70.5 Å². The second-order valence-electron chi connectivity index (χ2n) is 5.96. The zero-order chi connectivity index (χ0) is 15.3. The number of nitrogens with one attached hydrogen (secondary N) is 1. The highest BCUT2D eigenvalue weighted by molar-refractivity contribution is 6.30. The highest BCUT2D eigenvalue weighted by Gasteiger charge is 2.17. The molecule has 0 saturated carbocycles. The summed E-state index contributed by atoms with van der Waals surface area (Å²) >= 11 is 5.91. The lowest BCUT2D eigenvalue weighted by Gasteiger charge is -2.27. The van der Waals surface area contributed by atoms with Gasteiger partial charge in [0.15, 0.2) is 0 Å². The minimum atomic E-state index is -0.217. The topological polar surface area (TPSA) is 12.0 Å². The predicted octanol–water partition coefficient (Wildman–Crippen LogP) is 4.98. The van der Waals surface area contributed by atoms with Gasteiger partial charge in [0.05, 0.1) is 0 Å². The van der Waals surface area contributed by atoms with E-state index in [1.807, 2.05) is 6.07 Å². The average molecular weight is 306 g/mol. The summed E-state index contributed by atoms with van der Waals surface area (Å²) in [5.41, 5.74) is 1.86. The van der Waals surface area contributed by atoms with E-state index in [4.69, 9.17) is 11.6 Å². The summed E-state index contributed by atoms with van der Waals surface area (Å²) in [6.07, 6.45) is 1.98. The highest BCUT2D eigenvalue weighted by atomic mass is 35.5.